The van der Waals surface area contributed by atoms with Crippen molar-refractivity contribution >= 4 is 19.7 Å². The molecule has 96 valence electrons. The smallest absolute Gasteiger partial charge is 0.132 e. The maximum Gasteiger partial charge on any atom is 0.132 e. The van der Waals surface area contributed by atoms with Gasteiger partial charge in [-0.25, -0.2) is 9.97 Å². The van der Waals surface area contributed by atoms with Crippen molar-refractivity contribution in [3.63, 3.8) is 0 Å². The molecule has 0 aliphatic rings. The van der Waals surface area contributed by atoms with Gasteiger partial charge < -0.3 is 0 Å². The molecule has 1 aromatic rings. The molecule has 0 radical (unpaired) electrons. The summed E-state index contributed by atoms with van der Waals surface area (Å²) in [5, 5.41) is 0.945. The average molecular weight is 271 g/mol. The number of nitrogens with zero attached hydrogens (tertiary/aromatic N) is 2. The standard InChI is InChI=1S/C13H23ClN2Si/c1-10(17(5,6)13(2,3)4)7-11-8-12(14)16-9-15-11/h8-10H,7H2,1-6H3. The quantitative estimate of drug-likeness (QED) is 0.594. The molecule has 0 aliphatic heterocycles. The van der Waals surface area contributed by atoms with E-state index in [0.29, 0.717) is 15.7 Å². The minimum Gasteiger partial charge on any atom is -0.241 e. The number of hydrogen-bond acceptors (Lipinski definition) is 2. The van der Waals surface area contributed by atoms with E-state index in [4.69, 9.17) is 11.6 Å². The van der Waals surface area contributed by atoms with Crippen LogP contribution in [0.4, 0.5) is 0 Å². The lowest BCUT2D eigenvalue weighted by Gasteiger charge is -2.42. The first-order valence-electron chi connectivity index (χ1n) is 6.11. The lowest BCUT2D eigenvalue weighted by molar-refractivity contribution is 0.677. The summed E-state index contributed by atoms with van der Waals surface area (Å²) in [7, 11) is -1.31. The van der Waals surface area contributed by atoms with Crippen molar-refractivity contribution in [2.75, 3.05) is 0 Å². The zero-order valence-corrected chi connectivity index (χ0v) is 13.5. The predicted octanol–water partition coefficient (Wildman–Crippen LogP) is 4.57. The highest BCUT2D eigenvalue weighted by Crippen LogP contribution is 2.44. The Morgan fingerprint density at radius 1 is 1.29 bits per heavy atom. The van der Waals surface area contributed by atoms with Crippen molar-refractivity contribution in [3.8, 4) is 0 Å². The van der Waals surface area contributed by atoms with Crippen molar-refractivity contribution < 1.29 is 0 Å². The zero-order valence-electron chi connectivity index (χ0n) is 11.7. The first kappa shape index (κ1) is 14.6. The zero-order chi connectivity index (χ0) is 13.3. The molecule has 1 heterocycles. The van der Waals surface area contributed by atoms with Crippen LogP contribution in [0.5, 0.6) is 0 Å². The fourth-order valence-electron chi connectivity index (χ4n) is 1.79. The van der Waals surface area contributed by atoms with Gasteiger partial charge in [-0.1, -0.05) is 52.4 Å². The van der Waals surface area contributed by atoms with Crippen molar-refractivity contribution in [1.29, 1.82) is 0 Å². The van der Waals surface area contributed by atoms with E-state index in [9.17, 15) is 0 Å². The van der Waals surface area contributed by atoms with Gasteiger partial charge in [-0.15, -0.1) is 0 Å². The Kier molecular flexibility index (Phi) is 4.36. The second-order valence-corrected chi connectivity index (χ2v) is 12.7. The molecule has 0 aliphatic carbocycles. The first-order valence-corrected chi connectivity index (χ1v) is 9.56. The second kappa shape index (κ2) is 5.07. The van der Waals surface area contributed by atoms with Crippen LogP contribution in [0, 0.1) is 0 Å². The summed E-state index contributed by atoms with van der Waals surface area (Å²) in [6, 6.07) is 1.88. The first-order chi connectivity index (χ1) is 7.64. The number of halogens is 1. The normalized spacial score (nSPS) is 14.8. The van der Waals surface area contributed by atoms with Crippen molar-refractivity contribution in [2.24, 2.45) is 0 Å². The molecule has 0 fully saturated rings. The van der Waals surface area contributed by atoms with Gasteiger partial charge in [0.2, 0.25) is 0 Å². The minimum atomic E-state index is -1.31. The third kappa shape index (κ3) is 3.52. The van der Waals surface area contributed by atoms with E-state index >= 15 is 0 Å². The van der Waals surface area contributed by atoms with Gasteiger partial charge in [0.15, 0.2) is 0 Å². The molecule has 0 amide bonds. The molecule has 1 unspecified atom stereocenters. The van der Waals surface area contributed by atoms with E-state index in [1.54, 1.807) is 6.33 Å². The molecular weight excluding hydrogens is 248 g/mol. The number of hydrogen-bond donors (Lipinski definition) is 0. The molecule has 0 aromatic carbocycles. The third-order valence-corrected chi connectivity index (χ3v) is 11.1. The number of aromatic nitrogens is 2. The molecule has 1 atom stereocenters. The highest BCUT2D eigenvalue weighted by atomic mass is 35.5. The number of rotatable bonds is 3. The van der Waals surface area contributed by atoms with Crippen LogP contribution in [0.2, 0.25) is 28.8 Å². The Morgan fingerprint density at radius 3 is 2.35 bits per heavy atom. The van der Waals surface area contributed by atoms with Gasteiger partial charge in [0.25, 0.3) is 0 Å². The van der Waals surface area contributed by atoms with E-state index in [2.05, 4.69) is 50.8 Å². The van der Waals surface area contributed by atoms with E-state index < -0.39 is 8.07 Å². The molecule has 0 N–H and O–H groups in total. The molecule has 2 nitrogen and oxygen atoms in total. The van der Waals surface area contributed by atoms with Gasteiger partial charge in [-0.05, 0) is 23.1 Å². The Bertz CT molecular complexity index is 385. The summed E-state index contributed by atoms with van der Waals surface area (Å²) in [6.45, 7) is 14.3. The van der Waals surface area contributed by atoms with Gasteiger partial charge in [0, 0.05) is 5.69 Å². The molecule has 4 heteroatoms. The van der Waals surface area contributed by atoms with Crippen LogP contribution in [-0.2, 0) is 6.42 Å². The van der Waals surface area contributed by atoms with Crippen LogP contribution in [0.25, 0.3) is 0 Å². The Labute approximate surface area is 111 Å². The average Bonchev–Trinajstić information content (AvgIpc) is 2.15. The van der Waals surface area contributed by atoms with Gasteiger partial charge in [0.1, 0.15) is 11.5 Å². The van der Waals surface area contributed by atoms with Crippen LogP contribution < -0.4 is 0 Å². The van der Waals surface area contributed by atoms with Crippen molar-refractivity contribution in [3.05, 3.63) is 23.2 Å². The lowest BCUT2D eigenvalue weighted by Crippen LogP contribution is -2.42. The topological polar surface area (TPSA) is 25.8 Å². The Balaban J connectivity index is 2.83. The van der Waals surface area contributed by atoms with Crippen molar-refractivity contribution in [2.45, 2.75) is 57.8 Å². The highest BCUT2D eigenvalue weighted by Gasteiger charge is 2.39. The van der Waals surface area contributed by atoms with Gasteiger partial charge in [-0.2, -0.15) is 0 Å². The lowest BCUT2D eigenvalue weighted by atomic mass is 10.2. The SMILES string of the molecule is CC(Cc1cc(Cl)ncn1)[Si](C)(C)C(C)(C)C. The molecule has 1 rings (SSSR count). The Hall–Kier alpha value is -0.413. The maximum atomic E-state index is 5.89. The van der Waals surface area contributed by atoms with E-state index in [-0.39, 0.29) is 0 Å². The molecule has 0 saturated carbocycles. The van der Waals surface area contributed by atoms with Gasteiger partial charge >= 0.3 is 0 Å². The predicted molar refractivity (Wildman–Crippen MR) is 77.4 cm³/mol. The fraction of sp³-hybridized carbons (Fsp3) is 0.692. The van der Waals surface area contributed by atoms with Crippen LogP contribution >= 0.6 is 11.6 Å². The molecule has 0 spiro atoms. The molecule has 0 bridgehead atoms. The summed E-state index contributed by atoms with van der Waals surface area (Å²) in [5.41, 5.74) is 1.73. The summed E-state index contributed by atoms with van der Waals surface area (Å²) in [6.07, 6.45) is 2.55. The van der Waals surface area contributed by atoms with Gasteiger partial charge in [0.05, 0.1) is 8.07 Å². The van der Waals surface area contributed by atoms with Crippen LogP contribution in [0.3, 0.4) is 0 Å². The van der Waals surface area contributed by atoms with Crippen LogP contribution in [0.1, 0.15) is 33.4 Å². The maximum absolute atomic E-state index is 5.89. The molecule has 17 heavy (non-hydrogen) atoms. The molecule has 0 saturated heterocycles. The van der Waals surface area contributed by atoms with E-state index in [0.717, 1.165) is 12.1 Å². The van der Waals surface area contributed by atoms with E-state index in [1.807, 2.05) is 6.07 Å². The summed E-state index contributed by atoms with van der Waals surface area (Å²) in [5.74, 6) is 0. The summed E-state index contributed by atoms with van der Waals surface area (Å²) in [4.78, 5) is 8.23. The third-order valence-electron chi connectivity index (χ3n) is 4.37. The fourth-order valence-corrected chi connectivity index (χ4v) is 4.16. The van der Waals surface area contributed by atoms with Gasteiger partial charge in [-0.3, -0.25) is 0 Å². The summed E-state index contributed by atoms with van der Waals surface area (Å²) >= 11 is 5.89. The second-order valence-electron chi connectivity index (χ2n) is 6.41. The Morgan fingerprint density at radius 2 is 1.88 bits per heavy atom. The minimum absolute atomic E-state index is 0.406. The van der Waals surface area contributed by atoms with Crippen LogP contribution in [0.15, 0.2) is 12.4 Å². The largest absolute Gasteiger partial charge is 0.241 e. The molecule has 1 aromatic heterocycles. The molecular formula is C13H23ClN2Si. The highest BCUT2D eigenvalue weighted by molar-refractivity contribution is 6.81. The van der Waals surface area contributed by atoms with Crippen LogP contribution in [-0.4, -0.2) is 18.0 Å². The monoisotopic (exact) mass is 270 g/mol. The van der Waals surface area contributed by atoms with Crippen molar-refractivity contribution in [1.82, 2.24) is 9.97 Å². The van der Waals surface area contributed by atoms with E-state index in [1.165, 1.54) is 0 Å². The summed E-state index contributed by atoms with van der Waals surface area (Å²) < 4.78 is 0.